The molecule has 0 fully saturated rings. The van der Waals surface area contributed by atoms with Crippen molar-refractivity contribution < 1.29 is 47.5 Å². The SMILES string of the molecule is CCCCCC/C=C\C/C=C\CCCCCCCCCC(=O)OC(COC(=O)CCCCCCCCCC)COP(=O)(O)OCC(N)C(=O)O. The van der Waals surface area contributed by atoms with Crippen LogP contribution in [0.4, 0.5) is 0 Å². The number of carbonyl (C=O) groups excluding carboxylic acids is 2. The lowest BCUT2D eigenvalue weighted by atomic mass is 10.1. The highest BCUT2D eigenvalue weighted by molar-refractivity contribution is 7.47. The van der Waals surface area contributed by atoms with E-state index in [4.69, 9.17) is 24.8 Å². The van der Waals surface area contributed by atoms with Gasteiger partial charge in [0, 0.05) is 12.8 Å². The minimum absolute atomic E-state index is 0.154. The Labute approximate surface area is 302 Å². The van der Waals surface area contributed by atoms with Gasteiger partial charge >= 0.3 is 25.7 Å². The van der Waals surface area contributed by atoms with Crippen LogP contribution in [-0.4, -0.2) is 59.9 Å². The van der Waals surface area contributed by atoms with Gasteiger partial charge in [-0.2, -0.15) is 0 Å². The topological polar surface area (TPSA) is 172 Å². The molecule has 3 unspecified atom stereocenters. The van der Waals surface area contributed by atoms with E-state index in [2.05, 4.69) is 42.7 Å². The molecule has 0 saturated carbocycles. The third kappa shape index (κ3) is 33.1. The van der Waals surface area contributed by atoms with Gasteiger partial charge in [0.2, 0.25) is 0 Å². The number of phosphoric acid groups is 1. The maximum absolute atomic E-state index is 12.5. The van der Waals surface area contributed by atoms with Crippen molar-refractivity contribution in [1.29, 1.82) is 0 Å². The minimum Gasteiger partial charge on any atom is -0.480 e. The van der Waals surface area contributed by atoms with E-state index in [9.17, 15) is 23.8 Å². The Morgan fingerprint density at radius 3 is 1.58 bits per heavy atom. The van der Waals surface area contributed by atoms with Crippen molar-refractivity contribution >= 4 is 25.7 Å². The van der Waals surface area contributed by atoms with Gasteiger partial charge in [-0.05, 0) is 44.9 Å². The summed E-state index contributed by atoms with van der Waals surface area (Å²) < 4.78 is 32.5. The molecule has 0 aromatic carbocycles. The van der Waals surface area contributed by atoms with E-state index in [1.54, 1.807) is 0 Å². The highest BCUT2D eigenvalue weighted by atomic mass is 31.2. The quantitative estimate of drug-likeness (QED) is 0.0242. The molecule has 292 valence electrons. The number of allylic oxidation sites excluding steroid dienone is 4. The van der Waals surface area contributed by atoms with Crippen molar-refractivity contribution in [2.75, 3.05) is 19.8 Å². The van der Waals surface area contributed by atoms with Crippen LogP contribution in [0.2, 0.25) is 0 Å². The lowest BCUT2D eigenvalue weighted by Gasteiger charge is -2.20. The number of carbonyl (C=O) groups is 3. The average Bonchev–Trinajstić information content (AvgIpc) is 3.09. The Hall–Kier alpha value is -2.04. The predicted octanol–water partition coefficient (Wildman–Crippen LogP) is 9.50. The number of carboxylic acids is 1. The number of nitrogens with two attached hydrogens (primary N) is 1. The van der Waals surface area contributed by atoms with E-state index in [1.165, 1.54) is 70.6 Å². The van der Waals surface area contributed by atoms with E-state index >= 15 is 0 Å². The van der Waals surface area contributed by atoms with Crippen molar-refractivity contribution in [3.05, 3.63) is 24.3 Å². The van der Waals surface area contributed by atoms with Gasteiger partial charge in [-0.1, -0.05) is 134 Å². The molecule has 50 heavy (non-hydrogen) atoms. The number of rotatable bonds is 36. The second kappa shape index (κ2) is 34.1. The first kappa shape index (κ1) is 48.0. The molecule has 0 amide bonds. The standard InChI is InChI=1S/C38H70NO10P/c1-3-5-7-9-11-13-14-15-16-17-18-19-20-21-22-24-26-28-30-37(41)49-34(32-47-50(44,45)48-33-35(39)38(42)43)31-46-36(40)29-27-25-23-12-10-8-6-4-2/h13-14,16-17,34-35H,3-12,15,18-33,39H2,1-2H3,(H,42,43)(H,44,45)/b14-13-,17-16-. The lowest BCUT2D eigenvalue weighted by Crippen LogP contribution is -2.34. The molecule has 0 aromatic rings. The fraction of sp³-hybridized carbons (Fsp3) is 0.816. The van der Waals surface area contributed by atoms with Gasteiger partial charge in [0.05, 0.1) is 13.2 Å². The van der Waals surface area contributed by atoms with E-state index in [0.29, 0.717) is 12.8 Å². The van der Waals surface area contributed by atoms with Crippen molar-refractivity contribution in [1.82, 2.24) is 0 Å². The van der Waals surface area contributed by atoms with Crippen molar-refractivity contribution in [2.24, 2.45) is 5.73 Å². The van der Waals surface area contributed by atoms with Gasteiger partial charge in [-0.3, -0.25) is 23.4 Å². The first-order valence-electron chi connectivity index (χ1n) is 19.4. The summed E-state index contributed by atoms with van der Waals surface area (Å²) in [6.07, 6.45) is 32.6. The third-order valence-electron chi connectivity index (χ3n) is 8.20. The van der Waals surface area contributed by atoms with Crippen molar-refractivity contribution in [3.8, 4) is 0 Å². The number of unbranched alkanes of at least 4 members (excludes halogenated alkanes) is 18. The Morgan fingerprint density at radius 1 is 0.620 bits per heavy atom. The molecule has 0 aliphatic rings. The first-order chi connectivity index (χ1) is 24.1. The van der Waals surface area contributed by atoms with Crippen LogP contribution in [0.5, 0.6) is 0 Å². The van der Waals surface area contributed by atoms with Gasteiger partial charge in [0.1, 0.15) is 12.6 Å². The number of esters is 2. The fourth-order valence-corrected chi connectivity index (χ4v) is 5.87. The van der Waals surface area contributed by atoms with Gasteiger partial charge in [0.15, 0.2) is 6.10 Å². The van der Waals surface area contributed by atoms with Crippen molar-refractivity contribution in [3.63, 3.8) is 0 Å². The molecular formula is C38H70NO10P. The molecule has 3 atom stereocenters. The number of ether oxygens (including phenoxy) is 2. The van der Waals surface area contributed by atoms with Crippen LogP contribution in [0.25, 0.3) is 0 Å². The summed E-state index contributed by atoms with van der Waals surface area (Å²) in [6, 6.07) is -1.52. The summed E-state index contributed by atoms with van der Waals surface area (Å²) in [5.74, 6) is -2.39. The number of phosphoric ester groups is 1. The smallest absolute Gasteiger partial charge is 0.472 e. The first-order valence-corrected chi connectivity index (χ1v) is 20.9. The summed E-state index contributed by atoms with van der Waals surface area (Å²) in [6.45, 7) is 2.73. The Bertz CT molecular complexity index is 958. The molecule has 0 heterocycles. The molecule has 0 spiro atoms. The molecule has 0 aliphatic carbocycles. The second-order valence-electron chi connectivity index (χ2n) is 13.1. The highest BCUT2D eigenvalue weighted by Crippen LogP contribution is 2.43. The van der Waals surface area contributed by atoms with E-state index in [-0.39, 0.29) is 19.4 Å². The Balaban J connectivity index is 4.37. The Kier molecular flexibility index (Phi) is 32.7. The zero-order valence-corrected chi connectivity index (χ0v) is 32.1. The van der Waals surface area contributed by atoms with Crippen LogP contribution >= 0.6 is 7.82 Å². The normalized spacial score (nSPS) is 14.2. The Morgan fingerprint density at radius 2 is 1.06 bits per heavy atom. The van der Waals surface area contributed by atoms with Crippen LogP contribution < -0.4 is 5.73 Å². The van der Waals surface area contributed by atoms with Gasteiger partial charge in [-0.25, -0.2) is 4.57 Å². The molecule has 4 N–H and O–H groups in total. The summed E-state index contributed by atoms with van der Waals surface area (Å²) in [7, 11) is -4.70. The monoisotopic (exact) mass is 731 g/mol. The molecule has 11 nitrogen and oxygen atoms in total. The van der Waals surface area contributed by atoms with Crippen LogP contribution in [0.3, 0.4) is 0 Å². The molecule has 12 heteroatoms. The molecule has 0 bridgehead atoms. The fourth-order valence-electron chi connectivity index (χ4n) is 5.09. The van der Waals surface area contributed by atoms with Gasteiger partial charge in [-0.15, -0.1) is 0 Å². The van der Waals surface area contributed by atoms with Crippen LogP contribution in [-0.2, 0) is 37.5 Å². The lowest BCUT2D eigenvalue weighted by molar-refractivity contribution is -0.161. The maximum atomic E-state index is 12.5. The maximum Gasteiger partial charge on any atom is 0.472 e. The van der Waals surface area contributed by atoms with Crippen LogP contribution in [0, 0.1) is 0 Å². The summed E-state index contributed by atoms with van der Waals surface area (Å²) in [5, 5.41) is 8.85. The zero-order chi connectivity index (χ0) is 37.1. The van der Waals surface area contributed by atoms with E-state index in [1.807, 2.05) is 0 Å². The number of aliphatic carboxylic acids is 1. The van der Waals surface area contributed by atoms with E-state index in [0.717, 1.165) is 57.8 Å². The van der Waals surface area contributed by atoms with Crippen LogP contribution in [0.15, 0.2) is 24.3 Å². The average molecular weight is 732 g/mol. The molecular weight excluding hydrogens is 661 g/mol. The summed E-state index contributed by atoms with van der Waals surface area (Å²) >= 11 is 0. The largest absolute Gasteiger partial charge is 0.480 e. The third-order valence-corrected chi connectivity index (χ3v) is 9.15. The molecule has 0 aromatic heterocycles. The molecule has 0 rings (SSSR count). The zero-order valence-electron chi connectivity index (χ0n) is 31.2. The second-order valence-corrected chi connectivity index (χ2v) is 14.5. The molecule has 0 radical (unpaired) electrons. The van der Waals surface area contributed by atoms with Gasteiger partial charge in [0.25, 0.3) is 0 Å². The van der Waals surface area contributed by atoms with Gasteiger partial charge < -0.3 is 25.2 Å². The molecule has 0 aliphatic heterocycles. The summed E-state index contributed by atoms with van der Waals surface area (Å²) in [5.41, 5.74) is 5.31. The number of hydrogen-bond donors (Lipinski definition) is 3. The van der Waals surface area contributed by atoms with Crippen molar-refractivity contribution in [2.45, 2.75) is 180 Å². The predicted molar refractivity (Wildman–Crippen MR) is 199 cm³/mol. The van der Waals surface area contributed by atoms with E-state index < -0.39 is 51.1 Å². The number of hydrogen-bond acceptors (Lipinski definition) is 9. The molecule has 0 saturated heterocycles. The summed E-state index contributed by atoms with van der Waals surface area (Å²) in [4.78, 5) is 45.6. The minimum atomic E-state index is -4.70. The number of carboxylic acid groups (broad SMARTS) is 1. The highest BCUT2D eigenvalue weighted by Gasteiger charge is 2.28. The van der Waals surface area contributed by atoms with Crippen LogP contribution in [0.1, 0.15) is 168 Å².